The second-order valence-corrected chi connectivity index (χ2v) is 5.71. The molecule has 0 bridgehead atoms. The van der Waals surface area contributed by atoms with Crippen LogP contribution in [0.3, 0.4) is 0 Å². The highest BCUT2D eigenvalue weighted by Crippen LogP contribution is 2.30. The quantitative estimate of drug-likeness (QED) is 0.874. The van der Waals surface area contributed by atoms with Gasteiger partial charge in [0.2, 0.25) is 0 Å². The Morgan fingerprint density at radius 2 is 2.38 bits per heavy atom. The summed E-state index contributed by atoms with van der Waals surface area (Å²) in [7, 11) is 2.22. The largest absolute Gasteiger partial charge is 0.330 e. The van der Waals surface area contributed by atoms with Crippen LogP contribution in [0, 0.1) is 12.8 Å². The van der Waals surface area contributed by atoms with Gasteiger partial charge >= 0.3 is 0 Å². The first-order valence-corrected chi connectivity index (χ1v) is 6.89. The van der Waals surface area contributed by atoms with Gasteiger partial charge in [-0.15, -0.1) is 11.3 Å². The number of hydrogen-bond donors (Lipinski definition) is 1. The third-order valence-corrected chi connectivity index (χ3v) is 4.65. The van der Waals surface area contributed by atoms with Crippen molar-refractivity contribution in [3.63, 3.8) is 0 Å². The first-order chi connectivity index (χ1) is 7.72. The van der Waals surface area contributed by atoms with Crippen LogP contribution in [0.4, 0.5) is 0 Å². The predicted octanol–water partition coefficient (Wildman–Crippen LogP) is 2.01. The molecule has 4 heteroatoms. The summed E-state index contributed by atoms with van der Waals surface area (Å²) in [6.45, 7) is 3.95. The van der Waals surface area contributed by atoms with E-state index in [9.17, 15) is 0 Å². The van der Waals surface area contributed by atoms with Crippen molar-refractivity contribution in [3.8, 4) is 0 Å². The Morgan fingerprint density at radius 1 is 1.56 bits per heavy atom. The molecule has 1 fully saturated rings. The number of rotatable bonds is 4. The first-order valence-electron chi connectivity index (χ1n) is 6.01. The van der Waals surface area contributed by atoms with Crippen LogP contribution in [0.15, 0.2) is 5.51 Å². The molecule has 0 amide bonds. The Bertz CT molecular complexity index is 337. The van der Waals surface area contributed by atoms with Gasteiger partial charge in [0.25, 0.3) is 0 Å². The van der Waals surface area contributed by atoms with E-state index in [4.69, 9.17) is 5.73 Å². The van der Waals surface area contributed by atoms with Crippen molar-refractivity contribution in [3.05, 3.63) is 16.1 Å². The fourth-order valence-electron chi connectivity index (χ4n) is 2.69. The van der Waals surface area contributed by atoms with Gasteiger partial charge in [0.1, 0.15) is 0 Å². The van der Waals surface area contributed by atoms with E-state index in [-0.39, 0.29) is 0 Å². The molecule has 16 heavy (non-hydrogen) atoms. The van der Waals surface area contributed by atoms with Crippen molar-refractivity contribution < 1.29 is 0 Å². The summed E-state index contributed by atoms with van der Waals surface area (Å²) in [5.41, 5.74) is 8.95. The van der Waals surface area contributed by atoms with Gasteiger partial charge < -0.3 is 5.73 Å². The lowest BCUT2D eigenvalue weighted by Gasteiger charge is -2.28. The molecule has 1 aromatic heterocycles. The van der Waals surface area contributed by atoms with Crippen molar-refractivity contribution in [2.75, 3.05) is 13.6 Å². The highest BCUT2D eigenvalue weighted by atomic mass is 32.1. The fourth-order valence-corrected chi connectivity index (χ4v) is 3.53. The standard InChI is InChI=1S/C12H21N3S/c1-9-12(16-8-14-9)7-15(2)11-5-3-4-10(11)6-13/h8,10-11H,3-7,13H2,1-2H3. The Morgan fingerprint density at radius 3 is 3.00 bits per heavy atom. The summed E-state index contributed by atoms with van der Waals surface area (Å²) in [6, 6.07) is 0.673. The highest BCUT2D eigenvalue weighted by Gasteiger charge is 2.29. The smallest absolute Gasteiger partial charge is 0.0798 e. The maximum atomic E-state index is 5.83. The van der Waals surface area contributed by atoms with Crippen LogP contribution in [0.2, 0.25) is 0 Å². The van der Waals surface area contributed by atoms with Gasteiger partial charge in [-0.1, -0.05) is 6.42 Å². The molecule has 0 aliphatic heterocycles. The molecular weight excluding hydrogens is 218 g/mol. The zero-order valence-corrected chi connectivity index (χ0v) is 11.0. The summed E-state index contributed by atoms with van der Waals surface area (Å²) >= 11 is 1.76. The monoisotopic (exact) mass is 239 g/mol. The molecule has 0 aromatic carbocycles. The number of thiazole rings is 1. The van der Waals surface area contributed by atoms with Crippen molar-refractivity contribution in [1.29, 1.82) is 0 Å². The molecular formula is C12H21N3S. The van der Waals surface area contributed by atoms with Gasteiger partial charge in [-0.2, -0.15) is 0 Å². The van der Waals surface area contributed by atoms with Gasteiger partial charge in [-0.05, 0) is 39.3 Å². The number of nitrogens with two attached hydrogens (primary N) is 1. The van der Waals surface area contributed by atoms with E-state index in [2.05, 4.69) is 23.9 Å². The molecule has 1 saturated carbocycles. The second kappa shape index (κ2) is 5.25. The average molecular weight is 239 g/mol. The molecule has 2 unspecified atom stereocenters. The van der Waals surface area contributed by atoms with Gasteiger partial charge in [-0.3, -0.25) is 4.90 Å². The van der Waals surface area contributed by atoms with E-state index in [1.165, 1.54) is 29.8 Å². The molecule has 0 saturated heterocycles. The minimum Gasteiger partial charge on any atom is -0.330 e. The third kappa shape index (κ3) is 2.44. The first kappa shape index (κ1) is 12.0. The molecule has 0 radical (unpaired) electrons. The van der Waals surface area contributed by atoms with Crippen LogP contribution in [-0.2, 0) is 6.54 Å². The van der Waals surface area contributed by atoms with Crippen molar-refractivity contribution in [1.82, 2.24) is 9.88 Å². The SMILES string of the molecule is Cc1ncsc1CN(C)C1CCCC1CN. The Hall–Kier alpha value is -0.450. The van der Waals surface area contributed by atoms with Crippen LogP contribution < -0.4 is 5.73 Å². The molecule has 1 aromatic rings. The molecule has 1 aliphatic rings. The van der Waals surface area contributed by atoms with Gasteiger partial charge in [0.15, 0.2) is 0 Å². The third-order valence-electron chi connectivity index (χ3n) is 3.73. The second-order valence-electron chi connectivity index (χ2n) is 4.77. The lowest BCUT2D eigenvalue weighted by molar-refractivity contribution is 0.194. The van der Waals surface area contributed by atoms with E-state index in [1.807, 2.05) is 5.51 Å². The maximum absolute atomic E-state index is 5.83. The highest BCUT2D eigenvalue weighted by molar-refractivity contribution is 7.09. The van der Waals surface area contributed by atoms with Gasteiger partial charge in [0.05, 0.1) is 11.2 Å². The van der Waals surface area contributed by atoms with Crippen LogP contribution >= 0.6 is 11.3 Å². The lowest BCUT2D eigenvalue weighted by atomic mass is 10.0. The summed E-state index contributed by atoms with van der Waals surface area (Å²) in [4.78, 5) is 8.16. The Balaban J connectivity index is 1.97. The summed E-state index contributed by atoms with van der Waals surface area (Å²) in [6.07, 6.45) is 3.93. The van der Waals surface area contributed by atoms with Crippen molar-refractivity contribution in [2.24, 2.45) is 11.7 Å². The van der Waals surface area contributed by atoms with Crippen molar-refractivity contribution in [2.45, 2.75) is 38.8 Å². The summed E-state index contributed by atoms with van der Waals surface area (Å²) in [5.74, 6) is 0.693. The topological polar surface area (TPSA) is 42.2 Å². The fraction of sp³-hybridized carbons (Fsp3) is 0.750. The Kier molecular flexibility index (Phi) is 3.95. The number of aryl methyl sites for hydroxylation is 1. The molecule has 90 valence electrons. The van der Waals surface area contributed by atoms with Crippen LogP contribution in [0.5, 0.6) is 0 Å². The molecule has 2 rings (SSSR count). The predicted molar refractivity (Wildman–Crippen MR) is 68.5 cm³/mol. The molecule has 3 nitrogen and oxygen atoms in total. The molecule has 2 atom stereocenters. The van der Waals surface area contributed by atoms with Crippen LogP contribution in [-0.4, -0.2) is 29.5 Å². The number of nitrogens with zero attached hydrogens (tertiary/aromatic N) is 2. The van der Waals surface area contributed by atoms with E-state index in [0.717, 1.165) is 13.1 Å². The normalized spacial score (nSPS) is 25.5. The number of aromatic nitrogens is 1. The summed E-state index contributed by atoms with van der Waals surface area (Å²) < 4.78 is 0. The van der Waals surface area contributed by atoms with Crippen LogP contribution in [0.1, 0.15) is 29.8 Å². The van der Waals surface area contributed by atoms with E-state index in [1.54, 1.807) is 11.3 Å². The Labute approximate surface area is 102 Å². The van der Waals surface area contributed by atoms with Gasteiger partial charge in [-0.25, -0.2) is 4.98 Å². The van der Waals surface area contributed by atoms with E-state index >= 15 is 0 Å². The van der Waals surface area contributed by atoms with Gasteiger partial charge in [0, 0.05) is 17.5 Å². The van der Waals surface area contributed by atoms with E-state index in [0.29, 0.717) is 12.0 Å². The summed E-state index contributed by atoms with van der Waals surface area (Å²) in [5, 5.41) is 0. The average Bonchev–Trinajstić information content (AvgIpc) is 2.87. The van der Waals surface area contributed by atoms with E-state index < -0.39 is 0 Å². The maximum Gasteiger partial charge on any atom is 0.0798 e. The minimum absolute atomic E-state index is 0.673. The molecule has 1 heterocycles. The van der Waals surface area contributed by atoms with Crippen LogP contribution in [0.25, 0.3) is 0 Å². The molecule has 1 aliphatic carbocycles. The zero-order chi connectivity index (χ0) is 11.5. The minimum atomic E-state index is 0.673. The molecule has 0 spiro atoms. The molecule has 2 N–H and O–H groups in total. The number of hydrogen-bond acceptors (Lipinski definition) is 4. The zero-order valence-electron chi connectivity index (χ0n) is 10.1. The lowest BCUT2D eigenvalue weighted by Crippen LogP contribution is -2.37. The van der Waals surface area contributed by atoms with Crippen molar-refractivity contribution >= 4 is 11.3 Å².